The van der Waals surface area contributed by atoms with Gasteiger partial charge in [-0.25, -0.2) is 4.79 Å². The van der Waals surface area contributed by atoms with Crippen molar-refractivity contribution >= 4 is 35.6 Å². The van der Waals surface area contributed by atoms with Crippen LogP contribution in [0, 0.1) is 0 Å². The van der Waals surface area contributed by atoms with Gasteiger partial charge >= 0.3 is 5.97 Å². The van der Waals surface area contributed by atoms with Crippen LogP contribution in [0.3, 0.4) is 0 Å². The molecule has 228 valence electrons. The fourth-order valence-electron chi connectivity index (χ4n) is 3.73. The van der Waals surface area contributed by atoms with E-state index in [1.165, 1.54) is 24.3 Å². The number of hydrogen-bond donors (Lipinski definition) is 10. The van der Waals surface area contributed by atoms with Crippen molar-refractivity contribution in [1.29, 1.82) is 0 Å². The highest BCUT2D eigenvalue weighted by Gasteiger charge is 2.30. The minimum Gasteiger partial charge on any atom is -0.508 e. The quantitative estimate of drug-likeness (QED) is 0.0443. The topological polar surface area (TPSA) is 304 Å². The SMILES string of the molecule is NCCCCC(NC(=O)C(N)CC(N)=O)C(=O)NC(CCCN=C(N)N)C(=O)NC(Cc1ccc(O)cc1)C(=O)O. The van der Waals surface area contributed by atoms with Crippen molar-refractivity contribution in [3.63, 3.8) is 0 Å². The fraction of sp³-hybridized carbons (Fsp3) is 0.520. The van der Waals surface area contributed by atoms with Crippen molar-refractivity contribution in [2.75, 3.05) is 13.1 Å². The Labute approximate surface area is 237 Å². The molecule has 0 saturated heterocycles. The van der Waals surface area contributed by atoms with E-state index in [9.17, 15) is 34.2 Å². The molecule has 4 unspecified atom stereocenters. The van der Waals surface area contributed by atoms with Crippen molar-refractivity contribution in [3.8, 4) is 5.75 Å². The first-order chi connectivity index (χ1) is 19.3. The monoisotopic (exact) mass is 579 g/mol. The number of guanidine groups is 1. The largest absolute Gasteiger partial charge is 0.508 e. The highest BCUT2D eigenvalue weighted by molar-refractivity contribution is 5.95. The third-order valence-corrected chi connectivity index (χ3v) is 5.91. The summed E-state index contributed by atoms with van der Waals surface area (Å²) in [5, 5.41) is 26.6. The second-order valence-electron chi connectivity index (χ2n) is 9.40. The minimum absolute atomic E-state index is 0.00287. The zero-order valence-electron chi connectivity index (χ0n) is 22.8. The summed E-state index contributed by atoms with van der Waals surface area (Å²) in [7, 11) is 0. The Morgan fingerprint density at radius 3 is 1.85 bits per heavy atom. The number of unbranched alkanes of at least 4 members (excludes halogenated alkanes) is 1. The molecule has 4 atom stereocenters. The van der Waals surface area contributed by atoms with E-state index in [4.69, 9.17) is 28.7 Å². The second-order valence-corrected chi connectivity index (χ2v) is 9.40. The average molecular weight is 580 g/mol. The Balaban J connectivity index is 3.10. The Kier molecular flexibility index (Phi) is 15.2. The maximum atomic E-state index is 13.2. The number of nitrogens with one attached hydrogen (secondary N) is 3. The normalized spacial score (nSPS) is 13.6. The van der Waals surface area contributed by atoms with Gasteiger partial charge in [0.25, 0.3) is 0 Å². The number of phenolic OH excluding ortho intramolecular Hbond substituents is 1. The van der Waals surface area contributed by atoms with Gasteiger partial charge in [0.1, 0.15) is 23.9 Å². The summed E-state index contributed by atoms with van der Waals surface area (Å²) in [5.74, 6) is -4.57. The molecule has 0 spiro atoms. The van der Waals surface area contributed by atoms with E-state index in [1.54, 1.807) is 0 Å². The summed E-state index contributed by atoms with van der Waals surface area (Å²) in [5.41, 5.74) is 27.6. The van der Waals surface area contributed by atoms with E-state index < -0.39 is 60.2 Å². The van der Waals surface area contributed by atoms with Gasteiger partial charge in [-0.3, -0.25) is 24.2 Å². The Morgan fingerprint density at radius 2 is 1.34 bits per heavy atom. The Hall–Kier alpha value is -4.44. The molecule has 1 aromatic carbocycles. The standard InChI is InChI=1S/C25H41N9O7/c26-10-2-1-4-17(32-21(37)16(27)13-20(28)36)22(38)33-18(5-3-11-31-25(29)30)23(39)34-19(24(40)41)12-14-6-8-15(35)9-7-14/h6-9,16-19,35H,1-5,10-13,26-27H2,(H2,28,36)(H,32,37)(H,33,38)(H,34,39)(H,40,41)(H4,29,30,31). The van der Waals surface area contributed by atoms with Crippen LogP contribution >= 0.6 is 0 Å². The first kappa shape index (κ1) is 34.6. The summed E-state index contributed by atoms with van der Waals surface area (Å²) in [6.07, 6.45) is 0.910. The average Bonchev–Trinajstić information content (AvgIpc) is 2.89. The lowest BCUT2D eigenvalue weighted by Gasteiger charge is -2.25. The van der Waals surface area contributed by atoms with E-state index in [0.717, 1.165) is 0 Å². The Morgan fingerprint density at radius 1 is 0.805 bits per heavy atom. The predicted molar refractivity (Wildman–Crippen MR) is 150 cm³/mol. The molecule has 0 aliphatic rings. The van der Waals surface area contributed by atoms with Crippen LogP contribution in [-0.2, 0) is 30.4 Å². The molecule has 0 bridgehead atoms. The zero-order chi connectivity index (χ0) is 30.9. The number of rotatable bonds is 19. The van der Waals surface area contributed by atoms with E-state index in [-0.39, 0.29) is 43.9 Å². The van der Waals surface area contributed by atoms with Crippen LogP contribution < -0.4 is 44.6 Å². The zero-order valence-corrected chi connectivity index (χ0v) is 22.8. The molecule has 15 N–H and O–H groups in total. The molecular formula is C25H41N9O7. The number of nitrogens with zero attached hydrogens (tertiary/aromatic N) is 1. The smallest absolute Gasteiger partial charge is 0.326 e. The molecular weight excluding hydrogens is 538 g/mol. The number of nitrogens with two attached hydrogens (primary N) is 5. The predicted octanol–water partition coefficient (Wildman–Crippen LogP) is -3.14. The lowest BCUT2D eigenvalue weighted by Crippen LogP contribution is -2.57. The van der Waals surface area contributed by atoms with E-state index in [2.05, 4.69) is 20.9 Å². The van der Waals surface area contributed by atoms with Crippen molar-refractivity contribution in [3.05, 3.63) is 29.8 Å². The first-order valence-electron chi connectivity index (χ1n) is 13.0. The number of carbonyl (C=O) groups is 5. The molecule has 0 aromatic heterocycles. The third kappa shape index (κ3) is 14.0. The first-order valence-corrected chi connectivity index (χ1v) is 13.0. The number of carboxylic acids is 1. The van der Waals surface area contributed by atoms with Crippen LogP contribution in [0.1, 0.15) is 44.1 Å². The molecule has 0 radical (unpaired) electrons. The van der Waals surface area contributed by atoms with E-state index in [1.807, 2.05) is 0 Å². The fourth-order valence-corrected chi connectivity index (χ4v) is 3.73. The maximum absolute atomic E-state index is 13.2. The summed E-state index contributed by atoms with van der Waals surface area (Å²) >= 11 is 0. The summed E-state index contributed by atoms with van der Waals surface area (Å²) in [6, 6.07) is 0.824. The van der Waals surface area contributed by atoms with Crippen molar-refractivity contribution in [1.82, 2.24) is 16.0 Å². The van der Waals surface area contributed by atoms with Crippen LogP contribution in [0.15, 0.2) is 29.3 Å². The molecule has 0 fully saturated rings. The molecule has 1 rings (SSSR count). The Bertz CT molecular complexity index is 1060. The number of benzene rings is 1. The third-order valence-electron chi connectivity index (χ3n) is 5.91. The molecule has 16 heteroatoms. The van der Waals surface area contributed by atoms with Crippen LogP contribution in [0.25, 0.3) is 0 Å². The minimum atomic E-state index is -1.35. The van der Waals surface area contributed by atoms with Crippen molar-refractivity contribution < 1.29 is 34.2 Å². The molecule has 0 saturated carbocycles. The number of hydrogen-bond acceptors (Lipinski definition) is 9. The van der Waals surface area contributed by atoms with Crippen molar-refractivity contribution in [2.24, 2.45) is 33.7 Å². The van der Waals surface area contributed by atoms with Crippen molar-refractivity contribution in [2.45, 2.75) is 69.1 Å². The van der Waals surface area contributed by atoms with Gasteiger partial charge in [-0.15, -0.1) is 0 Å². The second kappa shape index (κ2) is 18.0. The van der Waals surface area contributed by atoms with Gasteiger partial charge in [0.2, 0.25) is 23.6 Å². The van der Waals surface area contributed by atoms with Crippen LogP contribution in [0.4, 0.5) is 0 Å². The van der Waals surface area contributed by atoms with Gasteiger partial charge in [-0.2, -0.15) is 0 Å². The molecule has 16 nitrogen and oxygen atoms in total. The number of carbonyl (C=O) groups excluding carboxylic acids is 4. The van der Waals surface area contributed by atoms with Gasteiger partial charge in [-0.05, 0) is 56.3 Å². The van der Waals surface area contributed by atoms with Gasteiger partial charge in [0.05, 0.1) is 12.5 Å². The van der Waals surface area contributed by atoms with Gasteiger partial charge in [-0.1, -0.05) is 12.1 Å². The lowest BCUT2D eigenvalue weighted by atomic mass is 10.0. The molecule has 0 aliphatic carbocycles. The number of aromatic hydroxyl groups is 1. The summed E-state index contributed by atoms with van der Waals surface area (Å²) < 4.78 is 0. The molecule has 1 aromatic rings. The molecule has 0 aliphatic heterocycles. The van der Waals surface area contributed by atoms with Crippen LogP contribution in [-0.4, -0.2) is 83.0 Å². The van der Waals surface area contributed by atoms with Gasteiger partial charge in [0, 0.05) is 13.0 Å². The molecule has 4 amide bonds. The number of carboxylic acid groups (broad SMARTS) is 1. The van der Waals surface area contributed by atoms with Gasteiger partial charge in [0.15, 0.2) is 5.96 Å². The number of aliphatic carboxylic acids is 1. The maximum Gasteiger partial charge on any atom is 0.326 e. The molecule has 0 heterocycles. The van der Waals surface area contributed by atoms with E-state index in [0.29, 0.717) is 24.9 Å². The highest BCUT2D eigenvalue weighted by Crippen LogP contribution is 2.12. The number of phenols is 1. The van der Waals surface area contributed by atoms with Crippen LogP contribution in [0.2, 0.25) is 0 Å². The number of amides is 4. The van der Waals surface area contributed by atoms with Gasteiger partial charge < -0.3 is 54.8 Å². The highest BCUT2D eigenvalue weighted by atomic mass is 16.4. The number of aliphatic imine (C=N–C) groups is 1. The van der Waals surface area contributed by atoms with E-state index >= 15 is 0 Å². The number of primary amides is 1. The lowest BCUT2D eigenvalue weighted by molar-refractivity contribution is -0.142. The summed E-state index contributed by atoms with van der Waals surface area (Å²) in [6.45, 7) is 0.480. The molecule has 41 heavy (non-hydrogen) atoms. The summed E-state index contributed by atoms with van der Waals surface area (Å²) in [4.78, 5) is 65.8. The van der Waals surface area contributed by atoms with Crippen LogP contribution in [0.5, 0.6) is 5.75 Å².